The summed E-state index contributed by atoms with van der Waals surface area (Å²) in [6.45, 7) is 4.59. The number of halogens is 1. The molecule has 0 radical (unpaired) electrons. The lowest BCUT2D eigenvalue weighted by Crippen LogP contribution is -2.68. The minimum atomic E-state index is -4.94. The normalized spacial score (nSPS) is 13.0. The standard InChI is InChI=1S/C11H14NOS.ClHO4/c1-8(13)7-12-9(2)14-11-6-4-3-5-10(11)12;2-1(3,4)5/h3-6,8,13H,7H2,1-2H3;(H,2,3,4,5)/q+1;/p-1. The zero-order valence-electron chi connectivity index (χ0n) is 10.4. The molecule has 2 aromatic rings. The van der Waals surface area contributed by atoms with Gasteiger partial charge in [0.05, 0.1) is 0 Å². The highest BCUT2D eigenvalue weighted by Crippen LogP contribution is 2.19. The van der Waals surface area contributed by atoms with E-state index in [0.29, 0.717) is 6.54 Å². The number of fused-ring (bicyclic) bond motifs is 1. The molecule has 0 aliphatic heterocycles. The third kappa shape index (κ3) is 5.79. The van der Waals surface area contributed by atoms with Gasteiger partial charge in [0.15, 0.2) is 6.54 Å². The fourth-order valence-corrected chi connectivity index (χ4v) is 2.67. The summed E-state index contributed by atoms with van der Waals surface area (Å²) in [5.41, 5.74) is 1.22. The number of aliphatic hydroxyl groups excluding tert-OH is 1. The van der Waals surface area contributed by atoms with E-state index in [1.165, 1.54) is 15.2 Å². The predicted octanol–water partition coefficient (Wildman–Crippen LogP) is -2.88. The molecular formula is C11H14ClNO5S. The van der Waals surface area contributed by atoms with Crippen LogP contribution in [-0.4, -0.2) is 11.2 Å². The van der Waals surface area contributed by atoms with Crippen LogP contribution in [0.2, 0.25) is 0 Å². The molecule has 0 saturated heterocycles. The van der Waals surface area contributed by atoms with Gasteiger partial charge < -0.3 is 5.11 Å². The third-order valence-corrected chi connectivity index (χ3v) is 3.32. The molecule has 8 heteroatoms. The lowest BCUT2D eigenvalue weighted by atomic mass is 10.3. The summed E-state index contributed by atoms with van der Waals surface area (Å²) in [4.78, 5) is 0. The van der Waals surface area contributed by atoms with Crippen molar-refractivity contribution in [1.29, 1.82) is 0 Å². The van der Waals surface area contributed by atoms with Gasteiger partial charge in [-0.15, -0.1) is 10.2 Å². The number of benzene rings is 1. The van der Waals surface area contributed by atoms with Gasteiger partial charge in [-0.25, -0.2) is 18.6 Å². The van der Waals surface area contributed by atoms with Crippen molar-refractivity contribution in [1.82, 2.24) is 0 Å². The van der Waals surface area contributed by atoms with Crippen molar-refractivity contribution in [2.45, 2.75) is 26.5 Å². The van der Waals surface area contributed by atoms with Crippen molar-refractivity contribution in [2.75, 3.05) is 0 Å². The first-order chi connectivity index (χ1) is 8.68. The van der Waals surface area contributed by atoms with Crippen molar-refractivity contribution in [2.24, 2.45) is 0 Å². The van der Waals surface area contributed by atoms with Crippen molar-refractivity contribution in [3.63, 3.8) is 0 Å². The van der Waals surface area contributed by atoms with Gasteiger partial charge in [-0.05, 0) is 13.0 Å². The Bertz CT molecular complexity index is 531. The van der Waals surface area contributed by atoms with Gasteiger partial charge in [0.1, 0.15) is 10.8 Å². The molecule has 1 N–H and O–H groups in total. The predicted molar refractivity (Wildman–Crippen MR) is 58.4 cm³/mol. The summed E-state index contributed by atoms with van der Waals surface area (Å²) in [6, 6.07) is 8.30. The summed E-state index contributed by atoms with van der Waals surface area (Å²) in [5, 5.41) is 10.6. The largest absolute Gasteiger partial charge is 0.387 e. The van der Waals surface area contributed by atoms with Gasteiger partial charge in [0, 0.05) is 13.0 Å². The Labute approximate surface area is 116 Å². The number of aliphatic hydroxyl groups is 1. The van der Waals surface area contributed by atoms with Crippen LogP contribution in [0.1, 0.15) is 11.9 Å². The third-order valence-electron chi connectivity index (χ3n) is 2.24. The van der Waals surface area contributed by atoms with Crippen LogP contribution in [0, 0.1) is 17.2 Å². The lowest BCUT2D eigenvalue weighted by molar-refractivity contribution is -2.00. The monoisotopic (exact) mass is 307 g/mol. The number of para-hydroxylation sites is 1. The molecule has 0 fully saturated rings. The second-order valence-electron chi connectivity index (χ2n) is 3.93. The Morgan fingerprint density at radius 2 is 1.79 bits per heavy atom. The maximum atomic E-state index is 9.39. The van der Waals surface area contributed by atoms with E-state index in [0.717, 1.165) is 0 Å². The van der Waals surface area contributed by atoms with Crippen molar-refractivity contribution in [3.8, 4) is 0 Å². The van der Waals surface area contributed by atoms with E-state index in [2.05, 4.69) is 23.6 Å². The molecule has 0 spiro atoms. The fourth-order valence-electron chi connectivity index (χ4n) is 1.64. The zero-order chi connectivity index (χ0) is 14.6. The van der Waals surface area contributed by atoms with E-state index in [1.54, 1.807) is 11.3 Å². The highest BCUT2D eigenvalue weighted by Gasteiger charge is 2.17. The fraction of sp³-hybridized carbons (Fsp3) is 0.364. The molecule has 0 aliphatic carbocycles. The second-order valence-corrected chi connectivity index (χ2v) is 5.92. The van der Waals surface area contributed by atoms with E-state index in [1.807, 2.05) is 19.1 Å². The van der Waals surface area contributed by atoms with Gasteiger partial charge in [-0.3, -0.25) is 0 Å². The molecule has 6 nitrogen and oxygen atoms in total. The summed E-state index contributed by atoms with van der Waals surface area (Å²) in [5.74, 6) is 0. The average molecular weight is 308 g/mol. The van der Waals surface area contributed by atoms with Gasteiger partial charge in [0.25, 0.3) is 0 Å². The summed E-state index contributed by atoms with van der Waals surface area (Å²) < 4.78 is 37.4. The molecule has 0 amide bonds. The topological polar surface area (TPSA) is 116 Å². The molecule has 1 aromatic heterocycles. The Morgan fingerprint density at radius 1 is 1.26 bits per heavy atom. The molecule has 1 aromatic carbocycles. The van der Waals surface area contributed by atoms with E-state index in [-0.39, 0.29) is 6.10 Å². The maximum Gasteiger partial charge on any atom is 0.235 e. The summed E-state index contributed by atoms with van der Waals surface area (Å²) >= 11 is 1.77. The SMILES string of the molecule is Cc1sc2ccccc2[n+]1CC(C)O.[O-][Cl+3]([O-])([O-])[O-]. The van der Waals surface area contributed by atoms with E-state index >= 15 is 0 Å². The van der Waals surface area contributed by atoms with Gasteiger partial charge in [-0.1, -0.05) is 23.5 Å². The van der Waals surface area contributed by atoms with Crippen LogP contribution >= 0.6 is 11.3 Å². The molecule has 0 bridgehead atoms. The highest BCUT2D eigenvalue weighted by molar-refractivity contribution is 7.18. The number of thiazole rings is 1. The van der Waals surface area contributed by atoms with Gasteiger partial charge >= 0.3 is 0 Å². The smallest absolute Gasteiger partial charge is 0.235 e. The van der Waals surface area contributed by atoms with E-state index < -0.39 is 10.2 Å². The van der Waals surface area contributed by atoms with Crippen LogP contribution in [0.4, 0.5) is 0 Å². The second kappa shape index (κ2) is 6.58. The van der Waals surface area contributed by atoms with Crippen LogP contribution in [0.25, 0.3) is 10.2 Å². The summed E-state index contributed by atoms with van der Waals surface area (Å²) in [7, 11) is -4.94. The molecule has 2 rings (SSSR count). The van der Waals surface area contributed by atoms with Crippen LogP contribution in [-0.2, 0) is 6.54 Å². The first-order valence-corrected chi connectivity index (χ1v) is 7.41. The van der Waals surface area contributed by atoms with Crippen molar-refractivity contribution < 1.29 is 38.6 Å². The minimum Gasteiger partial charge on any atom is -0.387 e. The van der Waals surface area contributed by atoms with Crippen LogP contribution in [0.5, 0.6) is 0 Å². The molecule has 1 atom stereocenters. The molecular weight excluding hydrogens is 294 g/mol. The Hall–Kier alpha value is -0.800. The summed E-state index contributed by atoms with van der Waals surface area (Å²) in [6.07, 6.45) is -0.295. The minimum absolute atomic E-state index is 0.295. The van der Waals surface area contributed by atoms with E-state index in [9.17, 15) is 5.11 Å². The molecule has 1 unspecified atom stereocenters. The average Bonchev–Trinajstić information content (AvgIpc) is 2.53. The number of hydrogen-bond donors (Lipinski definition) is 1. The van der Waals surface area contributed by atoms with Gasteiger partial charge in [-0.2, -0.15) is 4.57 Å². The zero-order valence-corrected chi connectivity index (χ0v) is 12.0. The maximum absolute atomic E-state index is 9.39. The van der Waals surface area contributed by atoms with Crippen molar-refractivity contribution in [3.05, 3.63) is 29.3 Å². The molecule has 19 heavy (non-hydrogen) atoms. The Balaban J connectivity index is 0.000000312. The lowest BCUT2D eigenvalue weighted by Gasteiger charge is -2.17. The number of aromatic nitrogens is 1. The van der Waals surface area contributed by atoms with Gasteiger partial charge in [0.2, 0.25) is 10.5 Å². The van der Waals surface area contributed by atoms with Crippen LogP contribution in [0.3, 0.4) is 0 Å². The first kappa shape index (κ1) is 16.3. The number of rotatable bonds is 2. The molecule has 1 heterocycles. The van der Waals surface area contributed by atoms with Crippen LogP contribution in [0.15, 0.2) is 24.3 Å². The van der Waals surface area contributed by atoms with Crippen molar-refractivity contribution >= 4 is 21.6 Å². The Morgan fingerprint density at radius 3 is 2.32 bits per heavy atom. The molecule has 0 saturated carbocycles. The highest BCUT2D eigenvalue weighted by atomic mass is 35.7. The quantitative estimate of drug-likeness (QED) is 0.598. The number of hydrogen-bond acceptors (Lipinski definition) is 6. The number of nitrogens with zero attached hydrogens (tertiary/aromatic N) is 1. The first-order valence-electron chi connectivity index (χ1n) is 5.36. The number of aryl methyl sites for hydroxylation is 1. The molecule has 0 aliphatic rings. The molecule has 106 valence electrons. The van der Waals surface area contributed by atoms with E-state index in [4.69, 9.17) is 18.6 Å². The van der Waals surface area contributed by atoms with Crippen LogP contribution < -0.4 is 23.2 Å². The Kier molecular flexibility index (Phi) is 5.63.